The maximum atomic E-state index is 11.9. The van der Waals surface area contributed by atoms with Gasteiger partial charge in [-0.05, 0) is 6.92 Å². The Labute approximate surface area is 133 Å². The molecule has 1 aliphatic rings. The smallest absolute Gasteiger partial charge is 0.226 e. The van der Waals surface area contributed by atoms with Gasteiger partial charge in [0, 0.05) is 32.1 Å². The number of nitrogens with zero attached hydrogens (tertiary/aromatic N) is 5. The molecule has 2 aromatic heterocycles. The van der Waals surface area contributed by atoms with E-state index >= 15 is 0 Å². The molecule has 3 rings (SSSR count). The van der Waals surface area contributed by atoms with E-state index in [0.717, 1.165) is 13.1 Å². The molecule has 0 aliphatic carbocycles. The third-order valence-corrected chi connectivity index (χ3v) is 3.63. The van der Waals surface area contributed by atoms with Crippen LogP contribution in [0.2, 0.25) is 0 Å². The lowest BCUT2D eigenvalue weighted by molar-refractivity contribution is -0.117. The number of carbonyl (C=O) groups excluding carboxylic acids is 1. The third-order valence-electron chi connectivity index (χ3n) is 3.63. The summed E-state index contributed by atoms with van der Waals surface area (Å²) in [6.07, 6.45) is 3.65. The Morgan fingerprint density at radius 3 is 3.17 bits per heavy atom. The number of aromatic nitrogens is 4. The van der Waals surface area contributed by atoms with Crippen molar-refractivity contribution in [2.24, 2.45) is 0 Å². The number of aryl methyl sites for hydroxylation is 1. The van der Waals surface area contributed by atoms with Crippen molar-refractivity contribution >= 4 is 11.7 Å². The molecule has 1 unspecified atom stereocenters. The van der Waals surface area contributed by atoms with Crippen LogP contribution in [-0.2, 0) is 16.1 Å². The molecule has 0 radical (unpaired) electrons. The topological polar surface area (TPSA) is 98.3 Å². The molecule has 1 atom stereocenters. The number of ether oxygens (including phenoxy) is 1. The van der Waals surface area contributed by atoms with Crippen LogP contribution in [0, 0.1) is 6.92 Å². The minimum Gasteiger partial charge on any atom is -0.374 e. The van der Waals surface area contributed by atoms with E-state index in [1.54, 1.807) is 24.0 Å². The lowest BCUT2D eigenvalue weighted by Crippen LogP contribution is -2.45. The summed E-state index contributed by atoms with van der Waals surface area (Å²) in [5.41, 5.74) is 0. The zero-order chi connectivity index (χ0) is 16.1. The largest absolute Gasteiger partial charge is 0.374 e. The molecule has 0 bridgehead atoms. The van der Waals surface area contributed by atoms with Crippen molar-refractivity contribution in [1.82, 2.24) is 24.8 Å². The van der Waals surface area contributed by atoms with Gasteiger partial charge in [-0.2, -0.15) is 5.10 Å². The second-order valence-electron chi connectivity index (χ2n) is 5.53. The van der Waals surface area contributed by atoms with Gasteiger partial charge in [0.05, 0.1) is 19.3 Å². The molecule has 9 nitrogen and oxygen atoms in total. The van der Waals surface area contributed by atoms with Gasteiger partial charge in [0.15, 0.2) is 5.82 Å². The summed E-state index contributed by atoms with van der Waals surface area (Å²) in [7, 11) is 0. The Hall–Kier alpha value is -2.26. The van der Waals surface area contributed by atoms with Crippen molar-refractivity contribution in [3.05, 3.63) is 24.5 Å². The number of morpholine rings is 1. The maximum absolute atomic E-state index is 11.9. The number of anilines is 1. The molecular formula is C14H20N6O3. The maximum Gasteiger partial charge on any atom is 0.226 e. The Bertz CT molecular complexity index is 626. The molecule has 0 saturated carbocycles. The van der Waals surface area contributed by atoms with E-state index in [9.17, 15) is 4.79 Å². The third kappa shape index (κ3) is 4.60. The predicted octanol–water partition coefficient (Wildman–Crippen LogP) is 0.304. The van der Waals surface area contributed by atoms with Gasteiger partial charge in [0.2, 0.25) is 5.91 Å². The fraction of sp³-hybridized carbons (Fsp3) is 0.571. The quantitative estimate of drug-likeness (QED) is 0.817. The van der Waals surface area contributed by atoms with Gasteiger partial charge in [-0.25, -0.2) is 4.98 Å². The first kappa shape index (κ1) is 15.6. The van der Waals surface area contributed by atoms with Crippen LogP contribution in [0.4, 0.5) is 5.82 Å². The Morgan fingerprint density at radius 1 is 1.52 bits per heavy atom. The zero-order valence-electron chi connectivity index (χ0n) is 13.0. The van der Waals surface area contributed by atoms with E-state index in [1.807, 2.05) is 0 Å². The van der Waals surface area contributed by atoms with Gasteiger partial charge < -0.3 is 14.6 Å². The lowest BCUT2D eigenvalue weighted by atomic mass is 10.2. The second kappa shape index (κ2) is 7.34. The fourth-order valence-electron chi connectivity index (χ4n) is 2.52. The highest BCUT2D eigenvalue weighted by Crippen LogP contribution is 2.10. The van der Waals surface area contributed by atoms with Crippen LogP contribution in [0.5, 0.6) is 0 Å². The predicted molar refractivity (Wildman–Crippen MR) is 80.7 cm³/mol. The van der Waals surface area contributed by atoms with Gasteiger partial charge >= 0.3 is 0 Å². The second-order valence-corrected chi connectivity index (χ2v) is 5.53. The fourth-order valence-corrected chi connectivity index (χ4v) is 2.52. The van der Waals surface area contributed by atoms with Crippen LogP contribution in [-0.4, -0.2) is 63.1 Å². The summed E-state index contributed by atoms with van der Waals surface area (Å²) in [6.45, 7) is 5.39. The monoisotopic (exact) mass is 320 g/mol. The number of rotatable bonds is 6. The molecule has 0 spiro atoms. The summed E-state index contributed by atoms with van der Waals surface area (Å²) < 4.78 is 12.4. The van der Waals surface area contributed by atoms with Crippen molar-refractivity contribution in [2.75, 3.05) is 31.6 Å². The minimum absolute atomic E-state index is 0.0618. The normalized spacial score (nSPS) is 18.9. The molecule has 1 amide bonds. The summed E-state index contributed by atoms with van der Waals surface area (Å²) in [4.78, 5) is 18.1. The average molecular weight is 320 g/mol. The van der Waals surface area contributed by atoms with Crippen LogP contribution in [0.1, 0.15) is 12.2 Å². The lowest BCUT2D eigenvalue weighted by Gasteiger charge is -2.32. The van der Waals surface area contributed by atoms with Crippen LogP contribution in [0.3, 0.4) is 0 Å². The summed E-state index contributed by atoms with van der Waals surface area (Å²) in [6, 6.07) is 1.70. The van der Waals surface area contributed by atoms with Crippen molar-refractivity contribution in [3.8, 4) is 0 Å². The van der Waals surface area contributed by atoms with E-state index in [2.05, 4.69) is 25.5 Å². The Morgan fingerprint density at radius 2 is 2.43 bits per heavy atom. The standard InChI is InChI=1S/C14H20N6O3/c1-11-6-13(18-23-11)17-14(21)2-3-19-4-5-22-12(7-19)8-20-10-15-9-16-20/h6,9-10,12H,2-5,7-8H2,1H3,(H,17,18,21). The first-order valence-corrected chi connectivity index (χ1v) is 7.58. The number of carbonyl (C=O) groups is 1. The molecule has 9 heteroatoms. The molecule has 124 valence electrons. The van der Waals surface area contributed by atoms with E-state index in [1.165, 1.54) is 6.33 Å². The molecule has 1 saturated heterocycles. The van der Waals surface area contributed by atoms with Crippen LogP contribution >= 0.6 is 0 Å². The van der Waals surface area contributed by atoms with Crippen LogP contribution in [0.25, 0.3) is 0 Å². The average Bonchev–Trinajstić information content (AvgIpc) is 3.18. The Balaban J connectivity index is 1.41. The van der Waals surface area contributed by atoms with E-state index in [-0.39, 0.29) is 12.0 Å². The van der Waals surface area contributed by atoms with Gasteiger partial charge in [0.1, 0.15) is 18.4 Å². The molecular weight excluding hydrogens is 300 g/mol. The van der Waals surface area contributed by atoms with Gasteiger partial charge in [-0.15, -0.1) is 0 Å². The van der Waals surface area contributed by atoms with Crippen molar-refractivity contribution in [1.29, 1.82) is 0 Å². The molecule has 0 aromatic carbocycles. The SMILES string of the molecule is Cc1cc(NC(=O)CCN2CCOC(Cn3cncn3)C2)no1. The van der Waals surface area contributed by atoms with Crippen LogP contribution in [0.15, 0.2) is 23.2 Å². The van der Waals surface area contributed by atoms with Crippen molar-refractivity contribution < 1.29 is 14.1 Å². The molecule has 1 aliphatic heterocycles. The summed E-state index contributed by atoms with van der Waals surface area (Å²) in [5.74, 6) is 1.06. The first-order valence-electron chi connectivity index (χ1n) is 7.58. The Kier molecular flexibility index (Phi) is 4.99. The molecule has 3 heterocycles. The molecule has 1 N–H and O–H groups in total. The highest BCUT2D eigenvalue weighted by molar-refractivity contribution is 5.89. The van der Waals surface area contributed by atoms with E-state index in [0.29, 0.717) is 37.7 Å². The number of hydrogen-bond donors (Lipinski definition) is 1. The summed E-state index contributed by atoms with van der Waals surface area (Å²) >= 11 is 0. The van der Waals surface area contributed by atoms with Crippen molar-refractivity contribution in [2.45, 2.75) is 26.0 Å². The van der Waals surface area contributed by atoms with Gasteiger partial charge in [0.25, 0.3) is 0 Å². The number of hydrogen-bond acceptors (Lipinski definition) is 7. The first-order chi connectivity index (χ1) is 11.2. The van der Waals surface area contributed by atoms with E-state index in [4.69, 9.17) is 9.26 Å². The van der Waals surface area contributed by atoms with E-state index < -0.39 is 0 Å². The highest BCUT2D eigenvalue weighted by Gasteiger charge is 2.21. The number of nitrogens with one attached hydrogen (secondary N) is 1. The van der Waals surface area contributed by atoms with Gasteiger partial charge in [-0.1, -0.05) is 5.16 Å². The molecule has 2 aromatic rings. The van der Waals surface area contributed by atoms with Crippen molar-refractivity contribution in [3.63, 3.8) is 0 Å². The van der Waals surface area contributed by atoms with Gasteiger partial charge in [-0.3, -0.25) is 14.4 Å². The minimum atomic E-state index is -0.0716. The zero-order valence-corrected chi connectivity index (χ0v) is 13.0. The molecule has 23 heavy (non-hydrogen) atoms. The highest BCUT2D eigenvalue weighted by atomic mass is 16.5. The molecule has 1 fully saturated rings. The number of amides is 1. The summed E-state index contributed by atoms with van der Waals surface area (Å²) in [5, 5.41) is 10.6. The van der Waals surface area contributed by atoms with Crippen LogP contribution < -0.4 is 5.32 Å².